The van der Waals surface area contributed by atoms with Crippen LogP contribution in [0.4, 0.5) is 9.80 Å². The van der Waals surface area contributed by atoms with E-state index in [0.717, 1.165) is 11.3 Å². The number of rotatable bonds is 2. The van der Waals surface area contributed by atoms with E-state index in [9.17, 15) is 14.4 Å². The molecule has 1 fully saturated rings. The third-order valence-electron chi connectivity index (χ3n) is 2.42. The van der Waals surface area contributed by atoms with Crippen molar-refractivity contribution >= 4 is 40.2 Å². The number of amides is 3. The summed E-state index contributed by atoms with van der Waals surface area (Å²) in [4.78, 5) is 39.7. The van der Waals surface area contributed by atoms with E-state index in [1.54, 1.807) is 19.2 Å². The van der Waals surface area contributed by atoms with E-state index >= 15 is 0 Å². The Hall–Kier alpha value is -2.42. The van der Waals surface area contributed by atoms with Crippen molar-refractivity contribution in [2.75, 3.05) is 26.0 Å². The van der Waals surface area contributed by atoms with Gasteiger partial charge >= 0.3 is 12.0 Å². The van der Waals surface area contributed by atoms with Crippen molar-refractivity contribution in [3.8, 4) is 0 Å². The molecule has 1 aromatic heterocycles. The second kappa shape index (κ2) is 5.70. The Morgan fingerprint density at radius 3 is 2.85 bits per heavy atom. The SMILES string of the molecule is COC(=O)c1ccc(NC(=O)N=C2NC(=O)CN2C)s1. The molecule has 0 atom stereocenters. The van der Waals surface area contributed by atoms with Gasteiger partial charge in [-0.05, 0) is 12.1 Å². The quantitative estimate of drug-likeness (QED) is 0.773. The molecule has 0 unspecified atom stereocenters. The Balaban J connectivity index is 2.01. The fraction of sp³-hybridized carbons (Fsp3) is 0.273. The van der Waals surface area contributed by atoms with E-state index in [-0.39, 0.29) is 18.4 Å². The summed E-state index contributed by atoms with van der Waals surface area (Å²) in [6, 6.07) is 2.49. The van der Waals surface area contributed by atoms with Crippen molar-refractivity contribution in [2.24, 2.45) is 4.99 Å². The number of nitrogens with one attached hydrogen (secondary N) is 2. The summed E-state index contributed by atoms with van der Waals surface area (Å²) < 4.78 is 4.57. The number of guanidine groups is 1. The molecule has 0 radical (unpaired) electrons. The maximum atomic E-state index is 11.7. The lowest BCUT2D eigenvalue weighted by Gasteiger charge is -2.07. The van der Waals surface area contributed by atoms with E-state index in [2.05, 4.69) is 20.4 Å². The van der Waals surface area contributed by atoms with Crippen LogP contribution in [0.1, 0.15) is 9.67 Å². The Labute approximate surface area is 118 Å². The number of carbonyl (C=O) groups is 3. The highest BCUT2D eigenvalue weighted by molar-refractivity contribution is 7.18. The molecular formula is C11H12N4O4S. The van der Waals surface area contributed by atoms with Crippen LogP contribution in [0.3, 0.4) is 0 Å². The zero-order valence-electron chi connectivity index (χ0n) is 10.8. The molecule has 2 N–H and O–H groups in total. The molecule has 0 saturated carbocycles. The van der Waals surface area contributed by atoms with Crippen LogP contribution in [-0.2, 0) is 9.53 Å². The van der Waals surface area contributed by atoms with Crippen LogP contribution in [-0.4, -0.2) is 49.5 Å². The topological polar surface area (TPSA) is 100 Å². The summed E-state index contributed by atoms with van der Waals surface area (Å²) in [5.41, 5.74) is 0. The van der Waals surface area contributed by atoms with Crippen molar-refractivity contribution in [1.29, 1.82) is 0 Å². The van der Waals surface area contributed by atoms with E-state index < -0.39 is 12.0 Å². The van der Waals surface area contributed by atoms with Gasteiger partial charge in [0.2, 0.25) is 11.9 Å². The minimum absolute atomic E-state index is 0.164. The Kier molecular flexibility index (Phi) is 3.99. The van der Waals surface area contributed by atoms with Crippen LogP contribution in [0.25, 0.3) is 0 Å². The van der Waals surface area contributed by atoms with E-state index in [4.69, 9.17) is 0 Å². The summed E-state index contributed by atoms with van der Waals surface area (Å²) in [6.07, 6.45) is 0. The number of urea groups is 1. The molecule has 2 rings (SSSR count). The number of likely N-dealkylation sites (N-methyl/N-ethyl adjacent to an activating group) is 1. The van der Waals surface area contributed by atoms with Crippen LogP contribution in [0.2, 0.25) is 0 Å². The van der Waals surface area contributed by atoms with Crippen molar-refractivity contribution in [1.82, 2.24) is 10.2 Å². The van der Waals surface area contributed by atoms with Crippen LogP contribution >= 0.6 is 11.3 Å². The molecule has 2 heterocycles. The largest absolute Gasteiger partial charge is 0.465 e. The molecule has 3 amide bonds. The molecule has 0 spiro atoms. The van der Waals surface area contributed by atoms with Crippen LogP contribution < -0.4 is 10.6 Å². The van der Waals surface area contributed by atoms with Gasteiger partial charge < -0.3 is 9.64 Å². The van der Waals surface area contributed by atoms with Crippen LogP contribution in [0, 0.1) is 0 Å². The average Bonchev–Trinajstić information content (AvgIpc) is 2.96. The Morgan fingerprint density at radius 1 is 1.50 bits per heavy atom. The van der Waals surface area contributed by atoms with Crippen molar-refractivity contribution < 1.29 is 19.1 Å². The summed E-state index contributed by atoms with van der Waals surface area (Å²) in [7, 11) is 2.93. The van der Waals surface area contributed by atoms with Gasteiger partial charge in [0.1, 0.15) is 4.88 Å². The summed E-state index contributed by atoms with van der Waals surface area (Å²) >= 11 is 1.08. The minimum Gasteiger partial charge on any atom is -0.465 e. The zero-order valence-corrected chi connectivity index (χ0v) is 11.6. The normalized spacial score (nSPS) is 16.2. The number of esters is 1. The first-order valence-electron chi connectivity index (χ1n) is 5.58. The average molecular weight is 296 g/mol. The highest BCUT2D eigenvalue weighted by Gasteiger charge is 2.22. The van der Waals surface area contributed by atoms with Crippen LogP contribution in [0.5, 0.6) is 0 Å². The number of carbonyl (C=O) groups excluding carboxylic acids is 3. The molecule has 1 saturated heterocycles. The molecule has 1 aromatic rings. The summed E-state index contributed by atoms with van der Waals surface area (Å²) in [6.45, 7) is 0.164. The lowest BCUT2D eigenvalue weighted by molar-refractivity contribution is -0.118. The number of nitrogens with zero attached hydrogens (tertiary/aromatic N) is 2. The van der Waals surface area contributed by atoms with E-state index in [0.29, 0.717) is 9.88 Å². The molecule has 1 aliphatic rings. The molecule has 106 valence electrons. The van der Waals surface area contributed by atoms with Gasteiger partial charge in [-0.3, -0.25) is 15.4 Å². The van der Waals surface area contributed by atoms with Crippen LogP contribution in [0.15, 0.2) is 17.1 Å². The Morgan fingerprint density at radius 2 is 2.25 bits per heavy atom. The molecule has 0 aromatic carbocycles. The number of hydrogen-bond donors (Lipinski definition) is 2. The predicted molar refractivity (Wildman–Crippen MR) is 72.9 cm³/mol. The molecule has 8 nitrogen and oxygen atoms in total. The third kappa shape index (κ3) is 3.12. The van der Waals surface area contributed by atoms with Gasteiger partial charge in [-0.25, -0.2) is 9.59 Å². The van der Waals surface area contributed by atoms with Crippen molar-refractivity contribution in [3.05, 3.63) is 17.0 Å². The molecule has 0 aliphatic carbocycles. The zero-order chi connectivity index (χ0) is 14.7. The molecule has 20 heavy (non-hydrogen) atoms. The lowest BCUT2D eigenvalue weighted by atomic mass is 10.5. The summed E-state index contributed by atoms with van der Waals surface area (Å²) in [5.74, 6) is -0.495. The van der Waals surface area contributed by atoms with Gasteiger partial charge in [0.25, 0.3) is 0 Å². The van der Waals surface area contributed by atoms with Gasteiger partial charge in [0, 0.05) is 7.05 Å². The van der Waals surface area contributed by atoms with Gasteiger partial charge in [-0.15, -0.1) is 11.3 Å². The number of hydrogen-bond acceptors (Lipinski definition) is 5. The second-order valence-corrected chi connectivity index (χ2v) is 5.01. The molecule has 1 aliphatic heterocycles. The Bertz CT molecular complexity index is 595. The second-order valence-electron chi connectivity index (χ2n) is 3.93. The number of aliphatic imine (C=N–C) groups is 1. The monoisotopic (exact) mass is 296 g/mol. The highest BCUT2D eigenvalue weighted by Crippen LogP contribution is 2.22. The standard InChI is InChI=1S/C11H12N4O4S/c1-15-5-7(16)12-10(15)14-11(18)13-8-4-3-6(20-8)9(17)19-2/h3-4H,5H2,1-2H3,(H2,12,13,14,16,18). The lowest BCUT2D eigenvalue weighted by Crippen LogP contribution is -2.29. The van der Waals surface area contributed by atoms with Gasteiger partial charge in [-0.2, -0.15) is 4.99 Å². The number of ether oxygens (including phenoxy) is 1. The molecule has 0 bridgehead atoms. The van der Waals surface area contributed by atoms with Crippen molar-refractivity contribution in [2.45, 2.75) is 0 Å². The predicted octanol–water partition coefficient (Wildman–Crippen LogP) is 0.484. The van der Waals surface area contributed by atoms with Gasteiger partial charge in [-0.1, -0.05) is 0 Å². The fourth-order valence-electron chi connectivity index (χ4n) is 1.51. The first-order valence-corrected chi connectivity index (χ1v) is 6.40. The first-order chi connectivity index (χ1) is 9.49. The van der Waals surface area contributed by atoms with E-state index in [1.165, 1.54) is 12.0 Å². The third-order valence-corrected chi connectivity index (χ3v) is 3.40. The number of thiophene rings is 1. The smallest absolute Gasteiger partial charge is 0.349 e. The van der Waals surface area contributed by atoms with Crippen molar-refractivity contribution in [3.63, 3.8) is 0 Å². The number of anilines is 1. The highest BCUT2D eigenvalue weighted by atomic mass is 32.1. The number of methoxy groups -OCH3 is 1. The van der Waals surface area contributed by atoms with Gasteiger partial charge in [0.15, 0.2) is 0 Å². The fourth-order valence-corrected chi connectivity index (χ4v) is 2.32. The molecular weight excluding hydrogens is 284 g/mol. The maximum Gasteiger partial charge on any atom is 0.349 e. The maximum absolute atomic E-state index is 11.7. The first kappa shape index (κ1) is 14.0. The van der Waals surface area contributed by atoms with Gasteiger partial charge in [0.05, 0.1) is 18.7 Å². The summed E-state index contributed by atoms with van der Waals surface area (Å²) in [5, 5.41) is 5.43. The minimum atomic E-state index is -0.632. The van der Waals surface area contributed by atoms with E-state index in [1.807, 2.05) is 0 Å². The molecule has 9 heteroatoms.